The Labute approximate surface area is 246 Å². The van der Waals surface area contributed by atoms with Crippen LogP contribution in [0.25, 0.3) is 0 Å². The van der Waals surface area contributed by atoms with Crippen molar-refractivity contribution in [2.24, 2.45) is 5.73 Å². The minimum Gasteiger partial charge on any atom is -0.481 e. The summed E-state index contributed by atoms with van der Waals surface area (Å²) in [7, 11) is 1.83. The van der Waals surface area contributed by atoms with Gasteiger partial charge in [-0.05, 0) is 75.6 Å². The van der Waals surface area contributed by atoms with Crippen LogP contribution >= 0.6 is 0 Å². The Morgan fingerprint density at radius 1 is 1.17 bits per heavy atom. The zero-order valence-electron chi connectivity index (χ0n) is 24.6. The highest BCUT2D eigenvalue weighted by Crippen LogP contribution is 2.43. The van der Waals surface area contributed by atoms with Gasteiger partial charge in [-0.3, -0.25) is 25.1 Å². The van der Waals surface area contributed by atoms with Crippen molar-refractivity contribution in [1.82, 2.24) is 10.2 Å². The first-order valence-electron chi connectivity index (χ1n) is 14.2. The van der Waals surface area contributed by atoms with Crippen LogP contribution in [0.4, 0.5) is 17.1 Å². The molecule has 12 nitrogen and oxygen atoms in total. The Morgan fingerprint density at radius 3 is 2.43 bits per heavy atom. The minimum absolute atomic E-state index is 0.0335. The van der Waals surface area contributed by atoms with E-state index >= 15 is 0 Å². The molecule has 0 saturated carbocycles. The van der Waals surface area contributed by atoms with E-state index in [1.54, 1.807) is 45.0 Å². The molecule has 2 aromatic rings. The molecule has 1 saturated heterocycles. The van der Waals surface area contributed by atoms with E-state index < -0.39 is 23.1 Å². The van der Waals surface area contributed by atoms with Crippen molar-refractivity contribution in [3.63, 3.8) is 0 Å². The molecule has 0 aromatic heterocycles. The summed E-state index contributed by atoms with van der Waals surface area (Å²) < 4.78 is 5.30. The highest BCUT2D eigenvalue weighted by atomic mass is 16.5. The van der Waals surface area contributed by atoms with E-state index in [0.29, 0.717) is 29.9 Å². The zero-order valence-corrected chi connectivity index (χ0v) is 24.6. The molecule has 2 aliphatic rings. The van der Waals surface area contributed by atoms with Crippen LogP contribution in [0.15, 0.2) is 42.5 Å². The number of carboxylic acid groups (broad SMARTS) is 1. The van der Waals surface area contributed by atoms with Gasteiger partial charge in [0, 0.05) is 31.4 Å². The quantitative estimate of drug-likeness (QED) is 0.125. The zero-order chi connectivity index (χ0) is 30.7. The van der Waals surface area contributed by atoms with Crippen LogP contribution in [0.1, 0.15) is 51.2 Å². The van der Waals surface area contributed by atoms with Crippen molar-refractivity contribution in [1.29, 1.82) is 5.41 Å². The number of likely N-dealkylation sites (tertiary alicyclic amines) is 1. The predicted molar refractivity (Wildman–Crippen MR) is 162 cm³/mol. The van der Waals surface area contributed by atoms with E-state index in [1.165, 1.54) is 0 Å². The molecular weight excluding hydrogens is 538 g/mol. The van der Waals surface area contributed by atoms with Crippen molar-refractivity contribution >= 4 is 40.7 Å². The fraction of sp³-hybridized carbons (Fsp3) is 0.467. The molecule has 0 aliphatic carbocycles. The van der Waals surface area contributed by atoms with Gasteiger partial charge < -0.3 is 36.0 Å². The molecule has 226 valence electrons. The van der Waals surface area contributed by atoms with Crippen LogP contribution in [0.5, 0.6) is 0 Å². The summed E-state index contributed by atoms with van der Waals surface area (Å²) in [5.74, 6) is -1.59. The Bertz CT molecular complexity index is 1340. The van der Waals surface area contributed by atoms with Crippen molar-refractivity contribution in [3.8, 4) is 0 Å². The summed E-state index contributed by atoms with van der Waals surface area (Å²) in [5, 5.41) is 27.3. The number of anilines is 3. The van der Waals surface area contributed by atoms with Gasteiger partial charge in [-0.1, -0.05) is 6.07 Å². The standard InChI is InChI=1S/C30H41N7O5/c1-19(2)42-26(40)17-34-29(3,28(41)37-13-5-6-14-37)21-9-12-24-23(15-21)35-30(36(24)4,16-25(38)39)18-33-22-10-7-20(8-11-22)27(31)32/h7-12,15,19,33-35H,5-6,13-14,16-18H2,1-4H3,(H3,31,32)(H,38,39)/t29?,30-/m1/s1. The first kappa shape index (κ1) is 30.6. The molecule has 0 spiro atoms. The predicted octanol–water partition coefficient (Wildman–Crippen LogP) is 2.49. The van der Waals surface area contributed by atoms with E-state index in [9.17, 15) is 19.5 Å². The number of nitrogen functional groups attached to an aromatic ring is 1. The first-order valence-corrected chi connectivity index (χ1v) is 14.2. The van der Waals surface area contributed by atoms with Gasteiger partial charge in [-0.2, -0.15) is 0 Å². The maximum atomic E-state index is 13.8. The van der Waals surface area contributed by atoms with Crippen molar-refractivity contribution < 1.29 is 24.2 Å². The van der Waals surface area contributed by atoms with Gasteiger partial charge in [-0.25, -0.2) is 0 Å². The van der Waals surface area contributed by atoms with Gasteiger partial charge in [-0.15, -0.1) is 0 Å². The first-order chi connectivity index (χ1) is 19.8. The largest absolute Gasteiger partial charge is 0.481 e. The van der Waals surface area contributed by atoms with E-state index in [1.807, 2.05) is 35.0 Å². The summed E-state index contributed by atoms with van der Waals surface area (Å²) in [5.41, 5.74) is 6.77. The fourth-order valence-electron chi connectivity index (χ4n) is 5.55. The van der Waals surface area contributed by atoms with Crippen LogP contribution in [-0.4, -0.2) is 78.7 Å². The number of hydrogen-bond acceptors (Lipinski definition) is 9. The maximum Gasteiger partial charge on any atom is 0.320 e. The number of carbonyl (C=O) groups excluding carboxylic acids is 2. The topological polar surface area (TPSA) is 173 Å². The van der Waals surface area contributed by atoms with Gasteiger partial charge in [0.1, 0.15) is 17.0 Å². The molecule has 12 heteroatoms. The Hall–Kier alpha value is -4.32. The summed E-state index contributed by atoms with van der Waals surface area (Å²) >= 11 is 0. The summed E-state index contributed by atoms with van der Waals surface area (Å²) in [6.45, 7) is 6.71. The number of nitrogens with zero attached hydrogens (tertiary/aromatic N) is 2. The van der Waals surface area contributed by atoms with Crippen molar-refractivity contribution in [2.75, 3.05) is 48.8 Å². The summed E-state index contributed by atoms with van der Waals surface area (Å²) in [6, 6.07) is 12.6. The highest BCUT2D eigenvalue weighted by molar-refractivity contribution is 5.95. The molecule has 7 N–H and O–H groups in total. The average molecular weight is 580 g/mol. The van der Waals surface area contributed by atoms with Crippen molar-refractivity contribution in [3.05, 3.63) is 53.6 Å². The lowest BCUT2D eigenvalue weighted by Crippen LogP contribution is -2.55. The lowest BCUT2D eigenvalue weighted by atomic mass is 9.89. The average Bonchev–Trinajstić information content (AvgIpc) is 3.56. The fourth-order valence-corrected chi connectivity index (χ4v) is 5.55. The number of ether oxygens (including phenoxy) is 1. The molecule has 0 bridgehead atoms. The number of amides is 1. The summed E-state index contributed by atoms with van der Waals surface area (Å²) in [6.07, 6.45) is 1.36. The molecule has 1 unspecified atom stereocenters. The number of aliphatic carboxylic acids is 1. The smallest absolute Gasteiger partial charge is 0.320 e. The van der Waals surface area contributed by atoms with E-state index in [-0.39, 0.29) is 37.4 Å². The number of benzene rings is 2. The number of esters is 1. The number of nitrogens with two attached hydrogens (primary N) is 1. The molecule has 1 amide bonds. The van der Waals surface area contributed by atoms with Gasteiger partial charge in [0.15, 0.2) is 0 Å². The molecule has 0 radical (unpaired) electrons. The van der Waals surface area contributed by atoms with Crippen LogP contribution < -0.4 is 26.6 Å². The molecule has 1 fully saturated rings. The third-order valence-electron chi connectivity index (χ3n) is 7.94. The number of carboxylic acids is 1. The Balaban J connectivity index is 1.62. The number of amidine groups is 1. The van der Waals surface area contributed by atoms with Gasteiger partial charge in [0.05, 0.1) is 37.0 Å². The molecule has 4 rings (SSSR count). The lowest BCUT2D eigenvalue weighted by Gasteiger charge is -2.37. The van der Waals surface area contributed by atoms with E-state index in [4.69, 9.17) is 15.9 Å². The maximum absolute atomic E-state index is 13.8. The SMILES string of the molecule is CC(C)OC(=O)CNC(C)(C(=O)N1CCCC1)c1ccc2c(c1)N[C@](CNc1ccc(C(=N)N)cc1)(CC(=O)O)N2C. The third kappa shape index (κ3) is 6.43. The molecule has 2 aliphatic heterocycles. The number of nitrogens with one attached hydrogen (secondary N) is 4. The Morgan fingerprint density at radius 2 is 1.83 bits per heavy atom. The van der Waals surface area contributed by atoms with Gasteiger partial charge in [0.2, 0.25) is 5.91 Å². The molecule has 2 atom stereocenters. The van der Waals surface area contributed by atoms with Crippen LogP contribution in [-0.2, 0) is 24.7 Å². The number of hydrogen-bond donors (Lipinski definition) is 6. The molecule has 42 heavy (non-hydrogen) atoms. The molecule has 2 heterocycles. The molecular formula is C30H41N7O5. The van der Waals surface area contributed by atoms with Crippen LogP contribution in [0.3, 0.4) is 0 Å². The number of fused-ring (bicyclic) bond motifs is 1. The van der Waals surface area contributed by atoms with Gasteiger partial charge in [0.25, 0.3) is 0 Å². The normalized spacial score (nSPS) is 19.2. The second kappa shape index (κ2) is 12.3. The summed E-state index contributed by atoms with van der Waals surface area (Å²) in [4.78, 5) is 42.0. The minimum atomic E-state index is -1.22. The second-order valence-corrected chi connectivity index (χ2v) is 11.4. The van der Waals surface area contributed by atoms with Crippen LogP contribution in [0, 0.1) is 5.41 Å². The Kier molecular flexibility index (Phi) is 8.95. The number of carbonyl (C=O) groups is 3. The number of rotatable bonds is 12. The monoisotopic (exact) mass is 579 g/mol. The lowest BCUT2D eigenvalue weighted by molar-refractivity contribution is -0.147. The number of likely N-dealkylation sites (N-methyl/N-ethyl adjacent to an activating group) is 1. The van der Waals surface area contributed by atoms with Crippen LogP contribution in [0.2, 0.25) is 0 Å². The third-order valence-corrected chi connectivity index (χ3v) is 7.94. The van der Waals surface area contributed by atoms with Gasteiger partial charge >= 0.3 is 11.9 Å². The molecule has 2 aromatic carbocycles. The highest BCUT2D eigenvalue weighted by Gasteiger charge is 2.45. The van der Waals surface area contributed by atoms with E-state index in [2.05, 4.69) is 16.0 Å². The van der Waals surface area contributed by atoms with Crippen molar-refractivity contribution in [2.45, 2.75) is 57.3 Å². The second-order valence-electron chi connectivity index (χ2n) is 11.4. The van der Waals surface area contributed by atoms with E-state index in [0.717, 1.165) is 24.2 Å².